The van der Waals surface area contributed by atoms with Gasteiger partial charge in [0.25, 0.3) is 0 Å². The molecule has 1 fully saturated rings. The van der Waals surface area contributed by atoms with Gasteiger partial charge in [-0.05, 0) is 37.5 Å². The van der Waals surface area contributed by atoms with Crippen LogP contribution in [-0.2, 0) is 20.7 Å². The Morgan fingerprint density at radius 1 is 1.18 bits per heavy atom. The third kappa shape index (κ3) is 5.31. The molecule has 0 bridgehead atoms. The summed E-state index contributed by atoms with van der Waals surface area (Å²) in [5.41, 5.74) is 0.920. The summed E-state index contributed by atoms with van der Waals surface area (Å²) < 4.78 is 24.1. The standard InChI is InChI=1S/C22H24FNO4/c1-16(15-27-19-10-5-9-18(23)14-19)28-22(26)20-11-6-12-24(20)21(25)13-17-7-3-2-4-8-17/h2-5,7-10,14,16,20H,6,11-13,15H2,1H3. The molecule has 1 heterocycles. The maximum atomic E-state index is 13.2. The highest BCUT2D eigenvalue weighted by Gasteiger charge is 2.35. The molecule has 3 rings (SSSR count). The Hall–Kier alpha value is -2.89. The van der Waals surface area contributed by atoms with Crippen molar-refractivity contribution in [1.29, 1.82) is 0 Å². The number of carbonyl (C=O) groups is 2. The molecular formula is C22H24FNO4. The Morgan fingerprint density at radius 2 is 1.96 bits per heavy atom. The first-order chi connectivity index (χ1) is 13.5. The molecular weight excluding hydrogens is 361 g/mol. The number of esters is 1. The van der Waals surface area contributed by atoms with Crippen molar-refractivity contribution in [3.8, 4) is 5.75 Å². The number of halogens is 1. The van der Waals surface area contributed by atoms with Gasteiger partial charge in [0.05, 0.1) is 6.42 Å². The first kappa shape index (κ1) is 19.9. The maximum Gasteiger partial charge on any atom is 0.329 e. The van der Waals surface area contributed by atoms with Crippen molar-refractivity contribution in [1.82, 2.24) is 4.90 Å². The van der Waals surface area contributed by atoms with Crippen molar-refractivity contribution in [2.24, 2.45) is 0 Å². The number of benzene rings is 2. The van der Waals surface area contributed by atoms with Gasteiger partial charge in [-0.25, -0.2) is 9.18 Å². The summed E-state index contributed by atoms with van der Waals surface area (Å²) in [5, 5.41) is 0. The lowest BCUT2D eigenvalue weighted by molar-refractivity contribution is -0.158. The number of nitrogens with zero attached hydrogens (tertiary/aromatic N) is 1. The van der Waals surface area contributed by atoms with Gasteiger partial charge in [0, 0.05) is 12.6 Å². The van der Waals surface area contributed by atoms with Crippen LogP contribution in [0.2, 0.25) is 0 Å². The molecule has 0 N–H and O–H groups in total. The molecule has 5 nitrogen and oxygen atoms in total. The summed E-state index contributed by atoms with van der Waals surface area (Å²) in [6.07, 6.45) is 1.12. The van der Waals surface area contributed by atoms with Crippen LogP contribution in [-0.4, -0.2) is 42.1 Å². The molecule has 2 aromatic rings. The quantitative estimate of drug-likeness (QED) is 0.686. The second-order valence-corrected chi connectivity index (χ2v) is 6.92. The number of hydrogen-bond donors (Lipinski definition) is 0. The molecule has 0 aliphatic carbocycles. The number of amides is 1. The van der Waals surface area contributed by atoms with Crippen molar-refractivity contribution in [3.63, 3.8) is 0 Å². The summed E-state index contributed by atoms with van der Waals surface area (Å²) in [7, 11) is 0. The Bertz CT molecular complexity index is 811. The van der Waals surface area contributed by atoms with Gasteiger partial charge in [-0.15, -0.1) is 0 Å². The van der Waals surface area contributed by atoms with Crippen LogP contribution < -0.4 is 4.74 Å². The number of carbonyl (C=O) groups excluding carboxylic acids is 2. The smallest absolute Gasteiger partial charge is 0.329 e. The van der Waals surface area contributed by atoms with Gasteiger partial charge in [-0.3, -0.25) is 4.79 Å². The highest BCUT2D eigenvalue weighted by Crippen LogP contribution is 2.21. The summed E-state index contributed by atoms with van der Waals surface area (Å²) >= 11 is 0. The first-order valence-corrected chi connectivity index (χ1v) is 9.45. The van der Waals surface area contributed by atoms with Gasteiger partial charge in [0.15, 0.2) is 0 Å². The van der Waals surface area contributed by atoms with Gasteiger partial charge in [-0.2, -0.15) is 0 Å². The summed E-state index contributed by atoms with van der Waals surface area (Å²) in [5.74, 6) is -0.507. The first-order valence-electron chi connectivity index (χ1n) is 9.45. The lowest BCUT2D eigenvalue weighted by Gasteiger charge is -2.25. The molecule has 1 saturated heterocycles. The van der Waals surface area contributed by atoms with Crippen molar-refractivity contribution in [3.05, 3.63) is 66.0 Å². The van der Waals surface area contributed by atoms with Crippen LogP contribution in [0.25, 0.3) is 0 Å². The van der Waals surface area contributed by atoms with E-state index in [0.29, 0.717) is 18.7 Å². The SMILES string of the molecule is CC(COc1cccc(F)c1)OC(=O)C1CCCN1C(=O)Cc1ccccc1. The minimum atomic E-state index is -0.562. The van der Waals surface area contributed by atoms with Crippen molar-refractivity contribution in [2.75, 3.05) is 13.2 Å². The van der Waals surface area contributed by atoms with E-state index >= 15 is 0 Å². The van der Waals surface area contributed by atoms with E-state index in [4.69, 9.17) is 9.47 Å². The highest BCUT2D eigenvalue weighted by atomic mass is 19.1. The zero-order valence-corrected chi connectivity index (χ0v) is 15.8. The summed E-state index contributed by atoms with van der Waals surface area (Å²) in [4.78, 5) is 26.8. The zero-order valence-electron chi connectivity index (χ0n) is 15.8. The largest absolute Gasteiger partial charge is 0.490 e. The number of hydrogen-bond acceptors (Lipinski definition) is 4. The molecule has 28 heavy (non-hydrogen) atoms. The molecule has 0 saturated carbocycles. The van der Waals surface area contributed by atoms with Gasteiger partial charge in [0.1, 0.15) is 30.3 Å². The second kappa shape index (κ2) is 9.35. The van der Waals surface area contributed by atoms with E-state index in [1.807, 2.05) is 30.3 Å². The number of ether oxygens (including phenoxy) is 2. The van der Waals surface area contributed by atoms with Crippen molar-refractivity contribution >= 4 is 11.9 Å². The van der Waals surface area contributed by atoms with Crippen LogP contribution in [0.15, 0.2) is 54.6 Å². The van der Waals surface area contributed by atoms with Gasteiger partial charge in [-0.1, -0.05) is 36.4 Å². The molecule has 1 amide bonds. The van der Waals surface area contributed by atoms with Crippen molar-refractivity contribution in [2.45, 2.75) is 38.3 Å². The van der Waals surface area contributed by atoms with Gasteiger partial charge in [0.2, 0.25) is 5.91 Å². The molecule has 148 valence electrons. The average Bonchev–Trinajstić information content (AvgIpc) is 3.17. The lowest BCUT2D eigenvalue weighted by Crippen LogP contribution is -2.43. The molecule has 6 heteroatoms. The molecule has 0 aromatic heterocycles. The highest BCUT2D eigenvalue weighted by molar-refractivity contribution is 5.86. The topological polar surface area (TPSA) is 55.8 Å². The molecule has 2 aromatic carbocycles. The fourth-order valence-corrected chi connectivity index (χ4v) is 3.26. The van der Waals surface area contributed by atoms with Gasteiger partial charge < -0.3 is 14.4 Å². The fraction of sp³-hybridized carbons (Fsp3) is 0.364. The van der Waals surface area contributed by atoms with E-state index in [-0.39, 0.29) is 24.8 Å². The van der Waals surface area contributed by atoms with Gasteiger partial charge >= 0.3 is 5.97 Å². The number of rotatable bonds is 7. The summed E-state index contributed by atoms with van der Waals surface area (Å²) in [6, 6.07) is 14.7. The molecule has 0 radical (unpaired) electrons. The molecule has 2 unspecified atom stereocenters. The minimum absolute atomic E-state index is 0.0747. The zero-order chi connectivity index (χ0) is 19.9. The van der Waals surface area contributed by atoms with E-state index in [2.05, 4.69) is 0 Å². The molecule has 2 atom stereocenters. The van der Waals surface area contributed by atoms with E-state index < -0.39 is 18.1 Å². The number of likely N-dealkylation sites (tertiary alicyclic amines) is 1. The normalized spacial score (nSPS) is 17.2. The minimum Gasteiger partial charge on any atom is -0.490 e. The average molecular weight is 385 g/mol. The van der Waals surface area contributed by atoms with E-state index in [0.717, 1.165) is 12.0 Å². The Balaban J connectivity index is 1.51. The molecule has 1 aliphatic rings. The predicted octanol–water partition coefficient (Wildman–Crippen LogP) is 3.37. The third-order valence-electron chi connectivity index (χ3n) is 4.64. The second-order valence-electron chi connectivity index (χ2n) is 6.92. The van der Waals surface area contributed by atoms with Crippen LogP contribution in [0.5, 0.6) is 5.75 Å². The molecule has 1 aliphatic heterocycles. The van der Waals surface area contributed by atoms with E-state index in [1.165, 1.54) is 12.1 Å². The third-order valence-corrected chi connectivity index (χ3v) is 4.64. The van der Waals surface area contributed by atoms with Crippen LogP contribution in [0.1, 0.15) is 25.3 Å². The molecule has 0 spiro atoms. The Labute approximate surface area is 164 Å². The summed E-state index contributed by atoms with van der Waals surface area (Å²) in [6.45, 7) is 2.38. The van der Waals surface area contributed by atoms with Crippen LogP contribution in [0, 0.1) is 5.82 Å². The van der Waals surface area contributed by atoms with E-state index in [9.17, 15) is 14.0 Å². The van der Waals surface area contributed by atoms with Crippen LogP contribution in [0.3, 0.4) is 0 Å². The van der Waals surface area contributed by atoms with Crippen LogP contribution >= 0.6 is 0 Å². The Morgan fingerprint density at radius 3 is 2.71 bits per heavy atom. The lowest BCUT2D eigenvalue weighted by atomic mass is 10.1. The van der Waals surface area contributed by atoms with Crippen molar-refractivity contribution < 1.29 is 23.5 Å². The van der Waals surface area contributed by atoms with E-state index in [1.54, 1.807) is 24.0 Å². The van der Waals surface area contributed by atoms with Crippen LogP contribution in [0.4, 0.5) is 4.39 Å². The maximum absolute atomic E-state index is 13.2. The fourth-order valence-electron chi connectivity index (χ4n) is 3.26. The monoisotopic (exact) mass is 385 g/mol. The Kier molecular flexibility index (Phi) is 6.63. The predicted molar refractivity (Wildman–Crippen MR) is 102 cm³/mol.